The second kappa shape index (κ2) is 4.87. The SMILES string of the molecule is Cc1cc(CN2CCC(CC(=O)O)C2)n(C)n1. The van der Waals surface area contributed by atoms with Gasteiger partial charge in [0.15, 0.2) is 0 Å². The van der Waals surface area contributed by atoms with E-state index in [0.717, 1.165) is 31.7 Å². The van der Waals surface area contributed by atoms with Gasteiger partial charge in [0.2, 0.25) is 0 Å². The molecule has 0 saturated carbocycles. The van der Waals surface area contributed by atoms with Crippen molar-refractivity contribution < 1.29 is 9.90 Å². The van der Waals surface area contributed by atoms with Gasteiger partial charge in [-0.05, 0) is 31.9 Å². The highest BCUT2D eigenvalue weighted by Crippen LogP contribution is 2.21. The van der Waals surface area contributed by atoms with Gasteiger partial charge in [0, 0.05) is 26.6 Å². The number of aryl methyl sites for hydroxylation is 2. The first-order chi connectivity index (χ1) is 8.04. The lowest BCUT2D eigenvalue weighted by Crippen LogP contribution is -2.22. The monoisotopic (exact) mass is 237 g/mol. The van der Waals surface area contributed by atoms with Gasteiger partial charge in [-0.1, -0.05) is 0 Å². The first-order valence-corrected chi connectivity index (χ1v) is 5.98. The summed E-state index contributed by atoms with van der Waals surface area (Å²) in [5.41, 5.74) is 2.22. The summed E-state index contributed by atoms with van der Waals surface area (Å²) < 4.78 is 1.90. The molecule has 2 heterocycles. The summed E-state index contributed by atoms with van der Waals surface area (Å²) in [6.45, 7) is 4.73. The number of nitrogens with zero attached hydrogens (tertiary/aromatic N) is 3. The summed E-state index contributed by atoms with van der Waals surface area (Å²) in [7, 11) is 1.95. The third-order valence-electron chi connectivity index (χ3n) is 3.32. The number of carbonyl (C=O) groups is 1. The fourth-order valence-electron chi connectivity index (χ4n) is 2.51. The molecule has 2 rings (SSSR count). The van der Waals surface area contributed by atoms with Crippen molar-refractivity contribution in [3.63, 3.8) is 0 Å². The highest BCUT2D eigenvalue weighted by molar-refractivity contribution is 5.67. The summed E-state index contributed by atoms with van der Waals surface area (Å²) in [5, 5.41) is 13.1. The lowest BCUT2D eigenvalue weighted by molar-refractivity contribution is -0.138. The predicted octanol–water partition coefficient (Wildman–Crippen LogP) is 1.03. The molecule has 0 spiro atoms. The normalized spacial score (nSPS) is 20.9. The van der Waals surface area contributed by atoms with E-state index in [1.54, 1.807) is 0 Å². The number of hydrogen-bond donors (Lipinski definition) is 1. The van der Waals surface area contributed by atoms with Crippen molar-refractivity contribution in [2.45, 2.75) is 26.3 Å². The van der Waals surface area contributed by atoms with Crippen LogP contribution in [0.25, 0.3) is 0 Å². The van der Waals surface area contributed by atoms with E-state index in [2.05, 4.69) is 16.1 Å². The lowest BCUT2D eigenvalue weighted by atomic mass is 10.1. The Morgan fingerprint density at radius 1 is 1.65 bits per heavy atom. The number of aromatic nitrogens is 2. The van der Waals surface area contributed by atoms with Crippen LogP contribution >= 0.6 is 0 Å². The molecule has 94 valence electrons. The molecule has 5 heteroatoms. The molecule has 1 N–H and O–H groups in total. The van der Waals surface area contributed by atoms with Gasteiger partial charge in [-0.25, -0.2) is 0 Å². The van der Waals surface area contributed by atoms with Crippen molar-refractivity contribution >= 4 is 5.97 Å². The smallest absolute Gasteiger partial charge is 0.303 e. The lowest BCUT2D eigenvalue weighted by Gasteiger charge is -2.15. The van der Waals surface area contributed by atoms with Gasteiger partial charge in [-0.15, -0.1) is 0 Å². The van der Waals surface area contributed by atoms with Crippen molar-refractivity contribution in [1.82, 2.24) is 14.7 Å². The minimum absolute atomic E-state index is 0.293. The Hall–Kier alpha value is -1.36. The maximum Gasteiger partial charge on any atom is 0.303 e. The molecule has 5 nitrogen and oxygen atoms in total. The summed E-state index contributed by atoms with van der Waals surface area (Å²) in [6, 6.07) is 2.09. The summed E-state index contributed by atoms with van der Waals surface area (Å²) >= 11 is 0. The summed E-state index contributed by atoms with van der Waals surface area (Å²) in [6.07, 6.45) is 1.28. The Bertz CT molecular complexity index is 414. The van der Waals surface area contributed by atoms with Gasteiger partial charge < -0.3 is 5.11 Å². The van der Waals surface area contributed by atoms with Crippen LogP contribution in [0.4, 0.5) is 0 Å². The van der Waals surface area contributed by atoms with Gasteiger partial charge in [0.1, 0.15) is 0 Å². The van der Waals surface area contributed by atoms with Crippen molar-refractivity contribution in [2.75, 3.05) is 13.1 Å². The Labute approximate surface area is 101 Å². The quantitative estimate of drug-likeness (QED) is 0.849. The third-order valence-corrected chi connectivity index (χ3v) is 3.32. The second-order valence-electron chi connectivity index (χ2n) is 4.89. The molecule has 1 aromatic heterocycles. The molecule has 1 aromatic rings. The minimum Gasteiger partial charge on any atom is -0.481 e. The first kappa shape index (κ1) is 12.1. The van der Waals surface area contributed by atoms with E-state index in [1.165, 1.54) is 5.69 Å². The first-order valence-electron chi connectivity index (χ1n) is 5.98. The largest absolute Gasteiger partial charge is 0.481 e. The van der Waals surface area contributed by atoms with E-state index in [4.69, 9.17) is 5.11 Å². The second-order valence-corrected chi connectivity index (χ2v) is 4.89. The molecule has 17 heavy (non-hydrogen) atoms. The van der Waals surface area contributed by atoms with Crippen LogP contribution in [0.15, 0.2) is 6.07 Å². The highest BCUT2D eigenvalue weighted by atomic mass is 16.4. The van der Waals surface area contributed by atoms with E-state index >= 15 is 0 Å². The average molecular weight is 237 g/mol. The fourth-order valence-corrected chi connectivity index (χ4v) is 2.51. The molecule has 0 bridgehead atoms. The number of hydrogen-bond acceptors (Lipinski definition) is 3. The van der Waals surface area contributed by atoms with E-state index in [9.17, 15) is 4.79 Å². The fraction of sp³-hybridized carbons (Fsp3) is 0.667. The zero-order valence-corrected chi connectivity index (χ0v) is 10.4. The highest BCUT2D eigenvalue weighted by Gasteiger charge is 2.24. The van der Waals surface area contributed by atoms with Crippen LogP contribution in [-0.2, 0) is 18.4 Å². The van der Waals surface area contributed by atoms with E-state index in [0.29, 0.717) is 12.3 Å². The molecular weight excluding hydrogens is 218 g/mol. The molecule has 0 aromatic carbocycles. The summed E-state index contributed by atoms with van der Waals surface area (Å²) in [5.74, 6) is -0.380. The van der Waals surface area contributed by atoms with E-state index in [1.807, 2.05) is 18.7 Å². The van der Waals surface area contributed by atoms with Crippen LogP contribution in [0.3, 0.4) is 0 Å². The summed E-state index contributed by atoms with van der Waals surface area (Å²) in [4.78, 5) is 13.0. The molecule has 0 amide bonds. The maximum absolute atomic E-state index is 10.6. The van der Waals surface area contributed by atoms with Gasteiger partial charge in [0.25, 0.3) is 0 Å². The Morgan fingerprint density at radius 2 is 2.41 bits per heavy atom. The van der Waals surface area contributed by atoms with Crippen molar-refractivity contribution in [3.05, 3.63) is 17.5 Å². The topological polar surface area (TPSA) is 58.4 Å². The number of likely N-dealkylation sites (tertiary alicyclic amines) is 1. The minimum atomic E-state index is -0.687. The third kappa shape index (κ3) is 3.06. The molecule has 1 saturated heterocycles. The molecule has 1 unspecified atom stereocenters. The zero-order valence-electron chi connectivity index (χ0n) is 10.4. The standard InChI is InChI=1S/C12H19N3O2/c1-9-5-11(14(2)13-9)8-15-4-3-10(7-15)6-12(16)17/h5,10H,3-4,6-8H2,1-2H3,(H,16,17). The van der Waals surface area contributed by atoms with Gasteiger partial charge in [-0.2, -0.15) is 5.10 Å². The Kier molecular flexibility index (Phi) is 3.47. The number of carboxylic acid groups (broad SMARTS) is 1. The molecule has 0 radical (unpaired) electrons. The van der Waals surface area contributed by atoms with Crippen molar-refractivity contribution in [1.29, 1.82) is 0 Å². The average Bonchev–Trinajstić information content (AvgIpc) is 2.74. The predicted molar refractivity (Wildman–Crippen MR) is 63.6 cm³/mol. The zero-order chi connectivity index (χ0) is 12.4. The maximum atomic E-state index is 10.6. The molecular formula is C12H19N3O2. The number of aliphatic carboxylic acids is 1. The van der Waals surface area contributed by atoms with Crippen LogP contribution in [0.1, 0.15) is 24.2 Å². The van der Waals surface area contributed by atoms with E-state index in [-0.39, 0.29) is 0 Å². The molecule has 1 aliphatic heterocycles. The Balaban J connectivity index is 1.89. The number of carboxylic acids is 1. The molecule has 1 aliphatic rings. The van der Waals surface area contributed by atoms with Crippen LogP contribution in [0.5, 0.6) is 0 Å². The van der Waals surface area contributed by atoms with Gasteiger partial charge >= 0.3 is 5.97 Å². The molecule has 1 fully saturated rings. The van der Waals surface area contributed by atoms with Gasteiger partial charge in [0.05, 0.1) is 11.4 Å². The van der Waals surface area contributed by atoms with E-state index < -0.39 is 5.97 Å². The van der Waals surface area contributed by atoms with Gasteiger partial charge in [-0.3, -0.25) is 14.4 Å². The Morgan fingerprint density at radius 3 is 3.00 bits per heavy atom. The molecule has 0 aliphatic carbocycles. The van der Waals surface area contributed by atoms with Crippen LogP contribution in [-0.4, -0.2) is 38.8 Å². The van der Waals surface area contributed by atoms with Crippen LogP contribution in [0, 0.1) is 12.8 Å². The van der Waals surface area contributed by atoms with Crippen molar-refractivity contribution in [3.8, 4) is 0 Å². The van der Waals surface area contributed by atoms with Crippen molar-refractivity contribution in [2.24, 2.45) is 13.0 Å². The number of rotatable bonds is 4. The molecule has 1 atom stereocenters. The van der Waals surface area contributed by atoms with Crippen LogP contribution in [0.2, 0.25) is 0 Å². The van der Waals surface area contributed by atoms with Crippen LogP contribution < -0.4 is 0 Å².